The summed E-state index contributed by atoms with van der Waals surface area (Å²) in [6, 6.07) is 3.44. The van der Waals surface area contributed by atoms with Crippen molar-refractivity contribution >= 4 is 11.7 Å². The summed E-state index contributed by atoms with van der Waals surface area (Å²) >= 11 is 0. The lowest BCUT2D eigenvalue weighted by molar-refractivity contribution is 0.0946. The molecule has 1 heterocycles. The molecule has 0 saturated heterocycles. The number of anilines is 1. The number of pyridine rings is 1. The molecule has 1 saturated carbocycles. The van der Waals surface area contributed by atoms with Crippen LogP contribution >= 0.6 is 0 Å². The highest BCUT2D eigenvalue weighted by Crippen LogP contribution is 2.44. The number of nitrogens with one attached hydrogen (secondary N) is 1. The van der Waals surface area contributed by atoms with E-state index in [0.717, 1.165) is 18.7 Å². The number of nitrogen functional groups attached to an aromatic ring is 1. The first-order chi connectivity index (χ1) is 8.02. The summed E-state index contributed by atoms with van der Waals surface area (Å²) in [5, 5.41) is 2.96. The van der Waals surface area contributed by atoms with E-state index >= 15 is 0 Å². The lowest BCUT2D eigenvalue weighted by Gasteiger charge is -2.11. The summed E-state index contributed by atoms with van der Waals surface area (Å²) in [7, 11) is 0. The van der Waals surface area contributed by atoms with Gasteiger partial charge in [-0.1, -0.05) is 13.8 Å². The summed E-state index contributed by atoms with van der Waals surface area (Å²) in [5.74, 6) is 0.356. The molecule has 17 heavy (non-hydrogen) atoms. The molecular weight excluding hydrogens is 214 g/mol. The predicted molar refractivity (Wildman–Crippen MR) is 67.7 cm³/mol. The molecule has 3 N–H and O–H groups in total. The van der Waals surface area contributed by atoms with Crippen molar-refractivity contribution in [3.05, 3.63) is 23.4 Å². The fraction of sp³-hybridized carbons (Fsp3) is 0.538. The molecule has 4 heteroatoms. The molecule has 1 aromatic heterocycles. The third kappa shape index (κ3) is 2.96. The van der Waals surface area contributed by atoms with E-state index < -0.39 is 0 Å². The van der Waals surface area contributed by atoms with Crippen molar-refractivity contribution in [3.8, 4) is 0 Å². The Balaban J connectivity index is 2.04. The molecule has 92 valence electrons. The highest BCUT2D eigenvalue weighted by molar-refractivity contribution is 5.94. The van der Waals surface area contributed by atoms with Gasteiger partial charge in [-0.05, 0) is 36.8 Å². The quantitative estimate of drug-likeness (QED) is 0.832. The first-order valence-electron chi connectivity index (χ1n) is 6.07. The normalized spacial score (nSPS) is 16.6. The fourth-order valence-electron chi connectivity index (χ4n) is 1.71. The van der Waals surface area contributed by atoms with Gasteiger partial charge in [0, 0.05) is 17.8 Å². The van der Waals surface area contributed by atoms with Crippen LogP contribution in [-0.2, 0) is 6.42 Å². The number of carbonyl (C=O) groups is 1. The van der Waals surface area contributed by atoms with Crippen LogP contribution in [0.2, 0.25) is 0 Å². The summed E-state index contributed by atoms with van der Waals surface area (Å²) < 4.78 is 0. The number of hydrogen-bond acceptors (Lipinski definition) is 3. The standard InChI is InChI=1S/C13H19N3O/c1-3-10-6-9(7-11(14)16-10)12(17)15-8-13(2)4-5-13/h6-7H,3-5,8H2,1-2H3,(H2,14,16)(H,15,17). The maximum Gasteiger partial charge on any atom is 0.251 e. The molecule has 0 spiro atoms. The van der Waals surface area contributed by atoms with Gasteiger partial charge in [-0.15, -0.1) is 0 Å². The molecule has 1 aliphatic carbocycles. The predicted octanol–water partition coefficient (Wildman–Crippen LogP) is 1.76. The van der Waals surface area contributed by atoms with Crippen molar-refractivity contribution in [2.75, 3.05) is 12.3 Å². The van der Waals surface area contributed by atoms with Gasteiger partial charge in [0.2, 0.25) is 0 Å². The summed E-state index contributed by atoms with van der Waals surface area (Å²) in [4.78, 5) is 16.1. The molecular formula is C13H19N3O. The van der Waals surface area contributed by atoms with E-state index in [1.807, 2.05) is 6.92 Å². The van der Waals surface area contributed by atoms with E-state index in [1.165, 1.54) is 12.8 Å². The monoisotopic (exact) mass is 233 g/mol. The Kier molecular flexibility index (Phi) is 3.05. The van der Waals surface area contributed by atoms with E-state index in [1.54, 1.807) is 12.1 Å². The molecule has 1 aliphatic rings. The van der Waals surface area contributed by atoms with E-state index in [9.17, 15) is 4.79 Å². The first kappa shape index (κ1) is 11.9. The SMILES string of the molecule is CCc1cc(C(=O)NCC2(C)CC2)cc(N)n1. The van der Waals surface area contributed by atoms with E-state index in [2.05, 4.69) is 17.2 Å². The molecule has 0 atom stereocenters. The van der Waals surface area contributed by atoms with Gasteiger partial charge < -0.3 is 11.1 Å². The van der Waals surface area contributed by atoms with Crippen LogP contribution in [0.5, 0.6) is 0 Å². The lowest BCUT2D eigenvalue weighted by Crippen LogP contribution is -2.29. The number of nitrogens with zero attached hydrogens (tertiary/aromatic N) is 1. The van der Waals surface area contributed by atoms with Crippen LogP contribution in [0.1, 0.15) is 42.7 Å². The van der Waals surface area contributed by atoms with Gasteiger partial charge in [-0.25, -0.2) is 4.98 Å². The summed E-state index contributed by atoms with van der Waals surface area (Å²) in [6.45, 7) is 4.93. The molecule has 4 nitrogen and oxygen atoms in total. The van der Waals surface area contributed by atoms with Crippen LogP contribution in [0.15, 0.2) is 12.1 Å². The Morgan fingerprint density at radius 3 is 2.82 bits per heavy atom. The average Bonchev–Trinajstić information content (AvgIpc) is 3.04. The molecule has 0 unspecified atom stereocenters. The zero-order chi connectivity index (χ0) is 12.5. The van der Waals surface area contributed by atoms with Gasteiger partial charge in [-0.3, -0.25) is 4.79 Å². The molecule has 0 bridgehead atoms. The second-order valence-corrected chi connectivity index (χ2v) is 5.12. The molecule has 1 amide bonds. The summed E-state index contributed by atoms with van der Waals surface area (Å²) in [6.07, 6.45) is 3.18. The minimum absolute atomic E-state index is 0.0538. The molecule has 0 aliphatic heterocycles. The Morgan fingerprint density at radius 1 is 1.53 bits per heavy atom. The lowest BCUT2D eigenvalue weighted by atomic mass is 10.1. The van der Waals surface area contributed by atoms with E-state index in [0.29, 0.717) is 16.8 Å². The third-order valence-corrected chi connectivity index (χ3v) is 3.30. The van der Waals surface area contributed by atoms with Crippen LogP contribution in [0.3, 0.4) is 0 Å². The number of nitrogens with two attached hydrogens (primary N) is 1. The van der Waals surface area contributed by atoms with Gasteiger partial charge in [0.1, 0.15) is 5.82 Å². The van der Waals surface area contributed by atoms with Crippen molar-refractivity contribution in [2.45, 2.75) is 33.1 Å². The Labute approximate surface area is 102 Å². The highest BCUT2D eigenvalue weighted by atomic mass is 16.1. The van der Waals surface area contributed by atoms with Crippen molar-refractivity contribution in [1.29, 1.82) is 0 Å². The minimum Gasteiger partial charge on any atom is -0.384 e. The highest BCUT2D eigenvalue weighted by Gasteiger charge is 2.37. The summed E-state index contributed by atoms with van der Waals surface area (Å²) in [5.41, 5.74) is 7.46. The number of amides is 1. The molecule has 0 radical (unpaired) electrons. The van der Waals surface area contributed by atoms with Crippen LogP contribution in [-0.4, -0.2) is 17.4 Å². The van der Waals surface area contributed by atoms with Crippen molar-refractivity contribution in [1.82, 2.24) is 10.3 Å². The second kappa shape index (κ2) is 4.35. The maximum atomic E-state index is 11.9. The zero-order valence-electron chi connectivity index (χ0n) is 10.4. The number of aromatic nitrogens is 1. The Bertz CT molecular complexity index is 438. The average molecular weight is 233 g/mol. The maximum absolute atomic E-state index is 11.9. The van der Waals surface area contributed by atoms with Crippen LogP contribution in [0, 0.1) is 5.41 Å². The number of hydrogen-bond donors (Lipinski definition) is 2. The zero-order valence-corrected chi connectivity index (χ0v) is 10.4. The van der Waals surface area contributed by atoms with E-state index in [-0.39, 0.29) is 5.91 Å². The Morgan fingerprint density at radius 2 is 2.24 bits per heavy atom. The Hall–Kier alpha value is -1.58. The van der Waals surface area contributed by atoms with Crippen molar-refractivity contribution < 1.29 is 4.79 Å². The van der Waals surface area contributed by atoms with Crippen LogP contribution in [0.4, 0.5) is 5.82 Å². The van der Waals surface area contributed by atoms with Gasteiger partial charge in [0.25, 0.3) is 5.91 Å². The van der Waals surface area contributed by atoms with E-state index in [4.69, 9.17) is 5.73 Å². The molecule has 1 fully saturated rings. The van der Waals surface area contributed by atoms with Gasteiger partial charge >= 0.3 is 0 Å². The number of rotatable bonds is 4. The van der Waals surface area contributed by atoms with Crippen molar-refractivity contribution in [2.24, 2.45) is 5.41 Å². The number of carbonyl (C=O) groups excluding carboxylic acids is 1. The van der Waals surface area contributed by atoms with Gasteiger partial charge in [-0.2, -0.15) is 0 Å². The van der Waals surface area contributed by atoms with Crippen LogP contribution < -0.4 is 11.1 Å². The first-order valence-corrected chi connectivity index (χ1v) is 6.07. The number of aryl methyl sites for hydroxylation is 1. The molecule has 0 aromatic carbocycles. The minimum atomic E-state index is -0.0538. The fourth-order valence-corrected chi connectivity index (χ4v) is 1.71. The smallest absolute Gasteiger partial charge is 0.251 e. The van der Waals surface area contributed by atoms with Gasteiger partial charge in [0.05, 0.1) is 0 Å². The largest absolute Gasteiger partial charge is 0.384 e. The topological polar surface area (TPSA) is 68.0 Å². The van der Waals surface area contributed by atoms with Crippen molar-refractivity contribution in [3.63, 3.8) is 0 Å². The third-order valence-electron chi connectivity index (χ3n) is 3.30. The van der Waals surface area contributed by atoms with Gasteiger partial charge in [0.15, 0.2) is 0 Å². The molecule has 1 aromatic rings. The van der Waals surface area contributed by atoms with Crippen LogP contribution in [0.25, 0.3) is 0 Å². The second-order valence-electron chi connectivity index (χ2n) is 5.12. The molecule has 2 rings (SSSR count).